The van der Waals surface area contributed by atoms with Crippen molar-refractivity contribution in [2.45, 2.75) is 51.4 Å². The number of imide groups is 1. The largest absolute Gasteiger partial charge is 0.282 e. The zero-order valence-corrected chi connectivity index (χ0v) is 10.1. The van der Waals surface area contributed by atoms with Crippen LogP contribution in [0.25, 0.3) is 0 Å². The quantitative estimate of drug-likeness (QED) is 0.554. The summed E-state index contributed by atoms with van der Waals surface area (Å²) in [6.07, 6.45) is 6.44. The number of rotatable bonds is 3. The van der Waals surface area contributed by atoms with E-state index in [9.17, 15) is 9.59 Å². The Balaban J connectivity index is 2.03. The summed E-state index contributed by atoms with van der Waals surface area (Å²) in [5.74, 6) is -0.00465. The minimum absolute atomic E-state index is 0.0279. The van der Waals surface area contributed by atoms with Crippen LogP contribution in [-0.2, 0) is 9.59 Å². The first kappa shape index (κ1) is 12.1. The van der Waals surface area contributed by atoms with Gasteiger partial charge in [-0.25, -0.2) is 0 Å². The molecule has 2 aliphatic rings. The molecule has 0 radical (unpaired) electrons. The van der Waals surface area contributed by atoms with E-state index in [4.69, 9.17) is 5.26 Å². The summed E-state index contributed by atoms with van der Waals surface area (Å²) in [5.41, 5.74) is -0.373. The monoisotopic (exact) mass is 234 g/mol. The molecule has 0 bridgehead atoms. The van der Waals surface area contributed by atoms with Crippen LogP contribution in [0.4, 0.5) is 0 Å². The number of hydrogen-bond donors (Lipinski definition) is 0. The van der Waals surface area contributed by atoms with E-state index in [2.05, 4.69) is 0 Å². The first-order valence-electron chi connectivity index (χ1n) is 6.41. The standard InChI is InChI=1S/C13H18N2O2/c14-8-4-5-9-15-11(16)10-13(12(15)17)6-2-1-3-7-13/h1-7,9-10H2. The Morgan fingerprint density at radius 3 is 2.59 bits per heavy atom. The van der Waals surface area contributed by atoms with E-state index in [-0.39, 0.29) is 17.2 Å². The highest BCUT2D eigenvalue weighted by atomic mass is 16.2. The van der Waals surface area contributed by atoms with Gasteiger partial charge in [0.1, 0.15) is 0 Å². The van der Waals surface area contributed by atoms with E-state index in [1.54, 1.807) is 0 Å². The number of carbonyl (C=O) groups is 2. The Bertz CT molecular complexity index is 364. The SMILES string of the molecule is N#CCCCN1C(=O)CC2(CCCCC2)C1=O. The van der Waals surface area contributed by atoms with E-state index in [0.717, 1.165) is 25.7 Å². The molecule has 1 aliphatic heterocycles. The lowest BCUT2D eigenvalue weighted by Crippen LogP contribution is -2.37. The molecule has 1 heterocycles. The predicted molar refractivity (Wildman–Crippen MR) is 61.7 cm³/mol. The predicted octanol–water partition coefficient (Wildman–Crippen LogP) is 2.00. The van der Waals surface area contributed by atoms with Gasteiger partial charge in [0.15, 0.2) is 0 Å². The lowest BCUT2D eigenvalue weighted by Gasteiger charge is -2.30. The third-order valence-corrected chi connectivity index (χ3v) is 3.97. The lowest BCUT2D eigenvalue weighted by atomic mass is 9.73. The highest BCUT2D eigenvalue weighted by molar-refractivity contribution is 6.05. The first-order chi connectivity index (χ1) is 8.19. The second kappa shape index (κ2) is 4.87. The highest BCUT2D eigenvalue weighted by Gasteiger charge is 2.50. The lowest BCUT2D eigenvalue weighted by molar-refractivity contribution is -0.142. The molecule has 1 saturated carbocycles. The highest BCUT2D eigenvalue weighted by Crippen LogP contribution is 2.45. The van der Waals surface area contributed by atoms with Gasteiger partial charge in [0, 0.05) is 19.4 Å². The van der Waals surface area contributed by atoms with Crippen molar-refractivity contribution in [3.05, 3.63) is 0 Å². The van der Waals surface area contributed by atoms with Crippen molar-refractivity contribution in [2.75, 3.05) is 6.54 Å². The molecule has 0 aromatic heterocycles. The van der Waals surface area contributed by atoms with Gasteiger partial charge in [0.25, 0.3) is 0 Å². The summed E-state index contributed by atoms with van der Waals surface area (Å²) in [4.78, 5) is 25.6. The second-order valence-electron chi connectivity index (χ2n) is 5.13. The molecule has 17 heavy (non-hydrogen) atoms. The van der Waals surface area contributed by atoms with Crippen LogP contribution < -0.4 is 0 Å². The van der Waals surface area contributed by atoms with Gasteiger partial charge in [-0.2, -0.15) is 5.26 Å². The van der Waals surface area contributed by atoms with Crippen molar-refractivity contribution >= 4 is 11.8 Å². The Labute approximate surface area is 102 Å². The van der Waals surface area contributed by atoms with Crippen molar-refractivity contribution in [3.63, 3.8) is 0 Å². The van der Waals surface area contributed by atoms with Gasteiger partial charge in [-0.3, -0.25) is 14.5 Å². The Morgan fingerprint density at radius 1 is 1.24 bits per heavy atom. The number of nitriles is 1. The normalized spacial score (nSPS) is 23.1. The summed E-state index contributed by atoms with van der Waals surface area (Å²) in [5, 5.41) is 8.48. The fraction of sp³-hybridized carbons (Fsp3) is 0.769. The van der Waals surface area contributed by atoms with E-state index >= 15 is 0 Å². The van der Waals surface area contributed by atoms with E-state index in [1.807, 2.05) is 6.07 Å². The van der Waals surface area contributed by atoms with Gasteiger partial charge in [-0.15, -0.1) is 0 Å². The average molecular weight is 234 g/mol. The maximum Gasteiger partial charge on any atom is 0.235 e. The van der Waals surface area contributed by atoms with Crippen molar-refractivity contribution in [2.24, 2.45) is 5.41 Å². The zero-order chi connectivity index (χ0) is 12.3. The topological polar surface area (TPSA) is 61.2 Å². The summed E-state index contributed by atoms with van der Waals surface area (Å²) >= 11 is 0. The Morgan fingerprint density at radius 2 is 1.94 bits per heavy atom. The molecule has 1 aliphatic carbocycles. The number of amides is 2. The number of nitrogens with zero attached hydrogens (tertiary/aromatic N) is 2. The molecular formula is C13H18N2O2. The van der Waals surface area contributed by atoms with E-state index in [0.29, 0.717) is 25.8 Å². The van der Waals surface area contributed by atoms with Gasteiger partial charge >= 0.3 is 0 Å². The maximum atomic E-state index is 12.3. The Kier molecular flexibility index (Phi) is 3.46. The zero-order valence-electron chi connectivity index (χ0n) is 10.1. The van der Waals surface area contributed by atoms with Crippen molar-refractivity contribution in [1.82, 2.24) is 4.90 Å². The van der Waals surface area contributed by atoms with Gasteiger partial charge in [-0.05, 0) is 19.3 Å². The molecular weight excluding hydrogens is 216 g/mol. The molecule has 4 heteroatoms. The molecule has 2 fully saturated rings. The molecule has 2 amide bonds. The molecule has 0 unspecified atom stereocenters. The average Bonchev–Trinajstić information content (AvgIpc) is 2.55. The fourth-order valence-corrected chi connectivity index (χ4v) is 3.02. The molecule has 2 rings (SSSR count). The van der Waals surface area contributed by atoms with Crippen LogP contribution in [0.5, 0.6) is 0 Å². The number of unbranched alkanes of at least 4 members (excludes halogenated alkanes) is 1. The summed E-state index contributed by atoms with van der Waals surface area (Å²) in [6.45, 7) is 0.424. The van der Waals surface area contributed by atoms with Crippen molar-refractivity contribution in [3.8, 4) is 6.07 Å². The molecule has 0 aromatic rings. The molecule has 0 atom stereocenters. The van der Waals surface area contributed by atoms with Crippen LogP contribution in [0, 0.1) is 16.7 Å². The summed E-state index contributed by atoms with van der Waals surface area (Å²) < 4.78 is 0. The number of carbonyl (C=O) groups excluding carboxylic acids is 2. The van der Waals surface area contributed by atoms with E-state index < -0.39 is 0 Å². The van der Waals surface area contributed by atoms with Gasteiger partial charge in [0.05, 0.1) is 11.5 Å². The molecule has 1 spiro atoms. The van der Waals surface area contributed by atoms with Crippen LogP contribution in [0.1, 0.15) is 51.4 Å². The van der Waals surface area contributed by atoms with Crippen LogP contribution in [0.15, 0.2) is 0 Å². The Hall–Kier alpha value is -1.37. The molecule has 4 nitrogen and oxygen atoms in total. The van der Waals surface area contributed by atoms with Gasteiger partial charge in [-0.1, -0.05) is 19.3 Å². The van der Waals surface area contributed by atoms with Crippen LogP contribution in [0.3, 0.4) is 0 Å². The molecule has 0 N–H and O–H groups in total. The number of likely N-dealkylation sites (tertiary alicyclic amines) is 1. The third kappa shape index (κ3) is 2.19. The smallest absolute Gasteiger partial charge is 0.235 e. The van der Waals surface area contributed by atoms with Crippen LogP contribution >= 0.6 is 0 Å². The number of hydrogen-bond acceptors (Lipinski definition) is 3. The van der Waals surface area contributed by atoms with Crippen LogP contribution in [0.2, 0.25) is 0 Å². The summed E-state index contributed by atoms with van der Waals surface area (Å²) in [6, 6.07) is 2.04. The maximum absolute atomic E-state index is 12.3. The fourth-order valence-electron chi connectivity index (χ4n) is 3.02. The first-order valence-corrected chi connectivity index (χ1v) is 6.41. The molecule has 1 saturated heterocycles. The van der Waals surface area contributed by atoms with Gasteiger partial charge < -0.3 is 0 Å². The van der Waals surface area contributed by atoms with E-state index in [1.165, 1.54) is 11.3 Å². The minimum Gasteiger partial charge on any atom is -0.282 e. The molecule has 0 aromatic carbocycles. The molecule has 92 valence electrons. The van der Waals surface area contributed by atoms with Crippen LogP contribution in [-0.4, -0.2) is 23.3 Å². The second-order valence-corrected chi connectivity index (χ2v) is 5.13. The summed E-state index contributed by atoms with van der Waals surface area (Å²) in [7, 11) is 0. The van der Waals surface area contributed by atoms with Gasteiger partial charge in [0.2, 0.25) is 11.8 Å². The van der Waals surface area contributed by atoms with Crippen molar-refractivity contribution in [1.29, 1.82) is 5.26 Å². The minimum atomic E-state index is -0.373. The third-order valence-electron chi connectivity index (χ3n) is 3.97. The van der Waals surface area contributed by atoms with Crippen molar-refractivity contribution < 1.29 is 9.59 Å².